The molecule has 0 amide bonds. The summed E-state index contributed by atoms with van der Waals surface area (Å²) in [6, 6.07) is 0. The Labute approximate surface area is 59.3 Å². The van der Waals surface area contributed by atoms with Gasteiger partial charge in [-0.05, 0) is 0 Å². The van der Waals surface area contributed by atoms with Gasteiger partial charge in [-0.1, -0.05) is 0 Å². The number of nitrogens with two attached hydrogens (primary N) is 1. The van der Waals surface area contributed by atoms with Gasteiger partial charge in [0.25, 0.3) is 0 Å². The fraction of sp³-hybridized carbons (Fsp3) is 0.750. The molecule has 60 valence electrons. The molecule has 0 aliphatic heterocycles. The molecule has 0 unspecified atom stereocenters. The zero-order valence-electron chi connectivity index (χ0n) is 5.53. The van der Waals surface area contributed by atoms with Gasteiger partial charge in [0.2, 0.25) is 0 Å². The SMILES string of the molecule is CC(=O)OS(=O)(=O)CCN. The zero-order valence-corrected chi connectivity index (χ0v) is 6.35. The Morgan fingerprint density at radius 3 is 2.40 bits per heavy atom. The second-order valence-corrected chi connectivity index (χ2v) is 3.32. The lowest BCUT2D eigenvalue weighted by atomic mass is 10.8. The van der Waals surface area contributed by atoms with Crippen molar-refractivity contribution in [3.8, 4) is 0 Å². The van der Waals surface area contributed by atoms with Crippen LogP contribution in [-0.4, -0.2) is 26.7 Å². The van der Waals surface area contributed by atoms with Gasteiger partial charge in [-0.3, -0.25) is 4.79 Å². The second kappa shape index (κ2) is 3.52. The number of rotatable bonds is 3. The van der Waals surface area contributed by atoms with Crippen LogP contribution in [0, 0.1) is 0 Å². The van der Waals surface area contributed by atoms with Gasteiger partial charge in [0, 0.05) is 13.5 Å². The molecule has 0 bridgehead atoms. The minimum atomic E-state index is -3.71. The quantitative estimate of drug-likeness (QED) is 0.536. The first-order valence-electron chi connectivity index (χ1n) is 2.61. The third-order valence-electron chi connectivity index (χ3n) is 0.612. The largest absolute Gasteiger partial charge is 0.346 e. The van der Waals surface area contributed by atoms with E-state index in [-0.39, 0.29) is 12.3 Å². The van der Waals surface area contributed by atoms with Crippen molar-refractivity contribution in [2.24, 2.45) is 5.73 Å². The third kappa shape index (κ3) is 4.28. The fourth-order valence-corrected chi connectivity index (χ4v) is 1.09. The predicted octanol–water partition coefficient (Wildman–Crippen LogP) is -1.16. The molecule has 0 aromatic heterocycles. The first kappa shape index (κ1) is 9.38. The molecule has 0 spiro atoms. The minimum Gasteiger partial charge on any atom is -0.346 e. The van der Waals surface area contributed by atoms with Crippen molar-refractivity contribution in [3.63, 3.8) is 0 Å². The van der Waals surface area contributed by atoms with E-state index < -0.39 is 16.1 Å². The van der Waals surface area contributed by atoms with E-state index in [9.17, 15) is 13.2 Å². The topological polar surface area (TPSA) is 86.5 Å². The molecule has 0 aromatic carbocycles. The van der Waals surface area contributed by atoms with E-state index in [0.717, 1.165) is 6.92 Å². The standard InChI is InChI=1S/C4H9NO4S/c1-4(6)9-10(7,8)3-2-5/h2-3,5H2,1H3. The molecule has 2 N–H and O–H groups in total. The summed E-state index contributed by atoms with van der Waals surface area (Å²) in [5.41, 5.74) is 4.92. The molecule has 10 heavy (non-hydrogen) atoms. The summed E-state index contributed by atoms with van der Waals surface area (Å²) < 4.78 is 25.0. The summed E-state index contributed by atoms with van der Waals surface area (Å²) in [5.74, 6) is -1.17. The molecule has 0 rings (SSSR count). The molecule has 5 nitrogen and oxygen atoms in total. The van der Waals surface area contributed by atoms with E-state index in [2.05, 4.69) is 4.18 Å². The Hall–Kier alpha value is -0.620. The highest BCUT2D eigenvalue weighted by Crippen LogP contribution is 1.91. The van der Waals surface area contributed by atoms with Gasteiger partial charge in [-0.2, -0.15) is 8.42 Å². The van der Waals surface area contributed by atoms with Gasteiger partial charge < -0.3 is 9.92 Å². The first-order chi connectivity index (χ1) is 4.48. The smallest absolute Gasteiger partial charge is 0.319 e. The fourth-order valence-electron chi connectivity index (χ4n) is 0.365. The van der Waals surface area contributed by atoms with Crippen LogP contribution in [0.25, 0.3) is 0 Å². The Morgan fingerprint density at radius 2 is 2.10 bits per heavy atom. The van der Waals surface area contributed by atoms with Crippen LogP contribution in [0.3, 0.4) is 0 Å². The lowest BCUT2D eigenvalue weighted by Gasteiger charge is -1.99. The molecule has 0 heterocycles. The minimum absolute atomic E-state index is 0.0460. The van der Waals surface area contributed by atoms with Gasteiger partial charge in [-0.15, -0.1) is 0 Å². The molecule has 0 aliphatic rings. The molecule has 0 saturated carbocycles. The van der Waals surface area contributed by atoms with Crippen molar-refractivity contribution >= 4 is 16.1 Å². The van der Waals surface area contributed by atoms with Crippen LogP contribution in [0.15, 0.2) is 0 Å². The molecule has 6 heteroatoms. The molecule has 0 atom stereocenters. The Morgan fingerprint density at radius 1 is 1.60 bits per heavy atom. The molecular formula is C4H9NO4S. The summed E-state index contributed by atoms with van der Waals surface area (Å²) in [5, 5.41) is 0. The Balaban J connectivity index is 4.02. The summed E-state index contributed by atoms with van der Waals surface area (Å²) in [6.45, 7) is 0.976. The lowest BCUT2D eigenvalue weighted by Crippen LogP contribution is -2.19. The predicted molar refractivity (Wildman–Crippen MR) is 34.6 cm³/mol. The van der Waals surface area contributed by atoms with E-state index in [4.69, 9.17) is 5.73 Å². The van der Waals surface area contributed by atoms with Crippen LogP contribution in [0.4, 0.5) is 0 Å². The van der Waals surface area contributed by atoms with Crippen molar-refractivity contribution in [3.05, 3.63) is 0 Å². The Kier molecular flexibility index (Phi) is 3.31. The zero-order chi connectivity index (χ0) is 8.20. The van der Waals surface area contributed by atoms with E-state index in [0.29, 0.717) is 0 Å². The van der Waals surface area contributed by atoms with E-state index in [1.807, 2.05) is 0 Å². The molecular weight excluding hydrogens is 158 g/mol. The highest BCUT2D eigenvalue weighted by Gasteiger charge is 2.11. The molecule has 0 fully saturated rings. The van der Waals surface area contributed by atoms with Crippen LogP contribution in [0.2, 0.25) is 0 Å². The summed E-state index contributed by atoms with van der Waals surface area (Å²) >= 11 is 0. The Bertz CT molecular complexity index is 207. The maximum absolute atomic E-state index is 10.5. The van der Waals surface area contributed by atoms with Gasteiger partial charge in [0.05, 0.1) is 5.75 Å². The number of carbonyl (C=O) groups is 1. The molecule has 0 aliphatic carbocycles. The normalized spacial score (nSPS) is 11.0. The van der Waals surface area contributed by atoms with E-state index >= 15 is 0 Å². The highest BCUT2D eigenvalue weighted by atomic mass is 32.2. The van der Waals surface area contributed by atoms with Crippen LogP contribution in [-0.2, 0) is 19.1 Å². The number of carbonyl (C=O) groups excluding carboxylic acids is 1. The van der Waals surface area contributed by atoms with Gasteiger partial charge in [0.1, 0.15) is 0 Å². The van der Waals surface area contributed by atoms with Crippen molar-refractivity contribution in [2.75, 3.05) is 12.3 Å². The van der Waals surface area contributed by atoms with Gasteiger partial charge in [-0.25, -0.2) is 0 Å². The van der Waals surface area contributed by atoms with Gasteiger partial charge >= 0.3 is 16.1 Å². The second-order valence-electron chi connectivity index (χ2n) is 1.63. The van der Waals surface area contributed by atoms with Crippen molar-refractivity contribution in [1.29, 1.82) is 0 Å². The van der Waals surface area contributed by atoms with Gasteiger partial charge in [0.15, 0.2) is 0 Å². The average Bonchev–Trinajstić information content (AvgIpc) is 1.59. The van der Waals surface area contributed by atoms with E-state index in [1.165, 1.54) is 0 Å². The van der Waals surface area contributed by atoms with Crippen molar-refractivity contribution in [2.45, 2.75) is 6.92 Å². The average molecular weight is 167 g/mol. The lowest BCUT2D eigenvalue weighted by molar-refractivity contribution is -0.131. The summed E-state index contributed by atoms with van der Waals surface area (Å²) in [4.78, 5) is 10.1. The van der Waals surface area contributed by atoms with Crippen molar-refractivity contribution < 1.29 is 17.4 Å². The van der Waals surface area contributed by atoms with Crippen LogP contribution in [0.5, 0.6) is 0 Å². The highest BCUT2D eigenvalue weighted by molar-refractivity contribution is 7.87. The summed E-state index contributed by atoms with van der Waals surface area (Å²) in [7, 11) is -3.71. The molecule has 0 radical (unpaired) electrons. The van der Waals surface area contributed by atoms with Crippen molar-refractivity contribution in [1.82, 2.24) is 0 Å². The van der Waals surface area contributed by atoms with Crippen LogP contribution in [0.1, 0.15) is 6.92 Å². The first-order valence-corrected chi connectivity index (χ1v) is 4.18. The third-order valence-corrected chi connectivity index (χ3v) is 1.84. The number of hydrogen-bond acceptors (Lipinski definition) is 5. The number of hydrogen-bond donors (Lipinski definition) is 1. The van der Waals surface area contributed by atoms with Crippen LogP contribution < -0.4 is 5.73 Å². The van der Waals surface area contributed by atoms with Crippen LogP contribution >= 0.6 is 0 Å². The maximum atomic E-state index is 10.5. The maximum Gasteiger partial charge on any atom is 0.319 e. The van der Waals surface area contributed by atoms with E-state index in [1.54, 1.807) is 0 Å². The molecule has 0 saturated heterocycles. The molecule has 0 aromatic rings. The monoisotopic (exact) mass is 167 g/mol. The summed E-state index contributed by atoms with van der Waals surface area (Å²) in [6.07, 6.45) is 0.